The fourth-order valence-corrected chi connectivity index (χ4v) is 1.72. The third-order valence-corrected chi connectivity index (χ3v) is 2.59. The molecule has 2 nitrogen and oxygen atoms in total. The van der Waals surface area contributed by atoms with Crippen LogP contribution in [-0.4, -0.2) is 16.4 Å². The molecule has 0 fully saturated rings. The van der Waals surface area contributed by atoms with E-state index in [4.69, 9.17) is 11.6 Å². The molecule has 1 heterocycles. The number of nitrogens with zero attached hydrogens (tertiary/aromatic N) is 2. The molecule has 0 aliphatic rings. The van der Waals surface area contributed by atoms with Crippen molar-refractivity contribution in [1.29, 1.82) is 0 Å². The zero-order valence-electron chi connectivity index (χ0n) is 9.08. The smallest absolute Gasteiger partial charge is 0.244 e. The molecule has 18 heavy (non-hydrogen) atoms. The molecule has 1 aromatic heterocycles. The maximum absolute atomic E-state index is 12.9. The van der Waals surface area contributed by atoms with Crippen molar-refractivity contribution in [3.05, 3.63) is 47.1 Å². The minimum Gasteiger partial charge on any atom is -0.257 e. The maximum Gasteiger partial charge on any atom is 0.244 e. The minimum absolute atomic E-state index is 0.200. The van der Waals surface area contributed by atoms with Gasteiger partial charge in [0, 0.05) is 11.8 Å². The van der Waals surface area contributed by atoms with Gasteiger partial charge in [0.2, 0.25) is 6.43 Å². The lowest BCUT2D eigenvalue weighted by Gasteiger charge is -2.04. The van der Waals surface area contributed by atoms with E-state index in [2.05, 4.69) is 9.97 Å². The zero-order chi connectivity index (χ0) is 13.1. The van der Waals surface area contributed by atoms with E-state index in [9.17, 15) is 13.2 Å². The Balaban J connectivity index is 2.28. The average Bonchev–Trinajstić information content (AvgIpc) is 2.30. The number of halogens is 4. The van der Waals surface area contributed by atoms with E-state index in [-0.39, 0.29) is 10.7 Å². The molecule has 0 unspecified atom stereocenters. The fourth-order valence-electron chi connectivity index (χ4n) is 1.45. The number of hydrogen-bond acceptors (Lipinski definition) is 2. The summed E-state index contributed by atoms with van der Waals surface area (Å²) in [5.74, 6) is -0.453. The molecule has 1 aromatic carbocycles. The Bertz CT molecular complexity index is 544. The molecular formula is C12H8ClF3N2. The summed E-state index contributed by atoms with van der Waals surface area (Å²) in [5, 5.41) is 0.200. The second-order valence-electron chi connectivity index (χ2n) is 3.61. The first-order chi connectivity index (χ1) is 8.56. The van der Waals surface area contributed by atoms with Gasteiger partial charge in [-0.3, -0.25) is 9.97 Å². The van der Waals surface area contributed by atoms with Crippen LogP contribution in [0, 0.1) is 5.82 Å². The summed E-state index contributed by atoms with van der Waals surface area (Å²) in [7, 11) is 0. The number of rotatable bonds is 3. The lowest BCUT2D eigenvalue weighted by molar-refractivity contribution is 0.147. The molecule has 0 spiro atoms. The molecule has 0 aliphatic carbocycles. The predicted octanol–water partition coefficient (Wildman–Crippen LogP) is 3.74. The molecular weight excluding hydrogens is 265 g/mol. The largest absolute Gasteiger partial charge is 0.257 e. The quantitative estimate of drug-likeness (QED) is 0.850. The summed E-state index contributed by atoms with van der Waals surface area (Å²) in [4.78, 5) is 7.85. The normalized spacial score (nSPS) is 10.9. The monoisotopic (exact) mass is 272 g/mol. The van der Waals surface area contributed by atoms with Gasteiger partial charge in [-0.05, 0) is 18.2 Å². The maximum atomic E-state index is 12.9. The second-order valence-corrected chi connectivity index (χ2v) is 4.02. The standard InChI is InChI=1S/C12H8ClF3N2/c13-10-3-7(14)1-2-9(10)11-6-17-8(5-18-11)4-12(15)16/h1-3,5-6,12H,4H2. The molecule has 2 rings (SSSR count). The highest BCUT2D eigenvalue weighted by molar-refractivity contribution is 6.33. The van der Waals surface area contributed by atoms with Crippen LogP contribution >= 0.6 is 11.6 Å². The van der Waals surface area contributed by atoms with Gasteiger partial charge in [-0.15, -0.1) is 0 Å². The van der Waals surface area contributed by atoms with Crippen LogP contribution in [0.2, 0.25) is 5.02 Å². The number of benzene rings is 1. The van der Waals surface area contributed by atoms with Crippen LogP contribution < -0.4 is 0 Å². The average molecular weight is 273 g/mol. The van der Waals surface area contributed by atoms with Crippen LogP contribution in [0.1, 0.15) is 5.69 Å². The summed E-state index contributed by atoms with van der Waals surface area (Å²) in [5.41, 5.74) is 1.12. The van der Waals surface area contributed by atoms with Crippen LogP contribution in [0.3, 0.4) is 0 Å². The van der Waals surface area contributed by atoms with E-state index in [0.29, 0.717) is 11.3 Å². The van der Waals surface area contributed by atoms with E-state index >= 15 is 0 Å². The van der Waals surface area contributed by atoms with Crippen LogP contribution in [0.25, 0.3) is 11.3 Å². The van der Waals surface area contributed by atoms with Crippen molar-refractivity contribution in [2.75, 3.05) is 0 Å². The number of aromatic nitrogens is 2. The summed E-state index contributed by atoms with van der Waals surface area (Å²) in [6.45, 7) is 0. The highest BCUT2D eigenvalue weighted by atomic mass is 35.5. The van der Waals surface area contributed by atoms with Crippen molar-refractivity contribution in [2.24, 2.45) is 0 Å². The zero-order valence-corrected chi connectivity index (χ0v) is 9.83. The van der Waals surface area contributed by atoms with E-state index in [0.717, 1.165) is 6.07 Å². The Morgan fingerprint density at radius 1 is 1.17 bits per heavy atom. The Kier molecular flexibility index (Phi) is 3.81. The van der Waals surface area contributed by atoms with Crippen molar-refractivity contribution in [3.63, 3.8) is 0 Å². The van der Waals surface area contributed by atoms with Crippen LogP contribution in [0.4, 0.5) is 13.2 Å². The SMILES string of the molecule is Fc1ccc(-c2cnc(CC(F)F)cn2)c(Cl)c1. The van der Waals surface area contributed by atoms with Crippen molar-refractivity contribution in [3.8, 4) is 11.3 Å². The summed E-state index contributed by atoms with van der Waals surface area (Å²) >= 11 is 5.86. The first-order valence-corrected chi connectivity index (χ1v) is 5.48. The first kappa shape index (κ1) is 12.8. The van der Waals surface area contributed by atoms with Gasteiger partial charge < -0.3 is 0 Å². The van der Waals surface area contributed by atoms with E-state index < -0.39 is 18.7 Å². The van der Waals surface area contributed by atoms with E-state index in [1.807, 2.05) is 0 Å². The molecule has 0 N–H and O–H groups in total. The van der Waals surface area contributed by atoms with Gasteiger partial charge >= 0.3 is 0 Å². The van der Waals surface area contributed by atoms with Gasteiger partial charge in [0.05, 0.1) is 29.0 Å². The van der Waals surface area contributed by atoms with Gasteiger partial charge in [0.25, 0.3) is 0 Å². The molecule has 0 amide bonds. The second kappa shape index (κ2) is 5.35. The molecule has 6 heteroatoms. The van der Waals surface area contributed by atoms with Crippen molar-refractivity contribution >= 4 is 11.6 Å². The lowest BCUT2D eigenvalue weighted by atomic mass is 10.1. The van der Waals surface area contributed by atoms with Gasteiger partial charge in [-0.2, -0.15) is 0 Å². The van der Waals surface area contributed by atoms with Gasteiger partial charge in [-0.25, -0.2) is 13.2 Å². The lowest BCUT2D eigenvalue weighted by Crippen LogP contribution is -2.00. The molecule has 2 aromatic rings. The van der Waals surface area contributed by atoms with Crippen LogP contribution in [0.5, 0.6) is 0 Å². The topological polar surface area (TPSA) is 25.8 Å². The van der Waals surface area contributed by atoms with Gasteiger partial charge in [-0.1, -0.05) is 11.6 Å². The Morgan fingerprint density at radius 2 is 1.94 bits per heavy atom. The molecule has 0 atom stereocenters. The van der Waals surface area contributed by atoms with Crippen molar-refractivity contribution < 1.29 is 13.2 Å². The highest BCUT2D eigenvalue weighted by Gasteiger charge is 2.09. The molecule has 0 radical (unpaired) electrons. The third-order valence-electron chi connectivity index (χ3n) is 2.28. The Hall–Kier alpha value is -1.62. The van der Waals surface area contributed by atoms with Crippen molar-refractivity contribution in [1.82, 2.24) is 9.97 Å². The van der Waals surface area contributed by atoms with E-state index in [1.165, 1.54) is 24.5 Å². The predicted molar refractivity (Wildman–Crippen MR) is 62.1 cm³/mol. The molecule has 0 bridgehead atoms. The Labute approximate surface area is 106 Å². The summed E-state index contributed by atoms with van der Waals surface area (Å²) in [6.07, 6.45) is -0.290. The fraction of sp³-hybridized carbons (Fsp3) is 0.167. The van der Waals surface area contributed by atoms with Gasteiger partial charge in [0.1, 0.15) is 5.82 Å². The number of alkyl halides is 2. The Morgan fingerprint density at radius 3 is 2.50 bits per heavy atom. The summed E-state index contributed by atoms with van der Waals surface area (Å²) in [6, 6.07) is 3.87. The van der Waals surface area contributed by atoms with Crippen LogP contribution in [0.15, 0.2) is 30.6 Å². The highest BCUT2D eigenvalue weighted by Crippen LogP contribution is 2.26. The minimum atomic E-state index is -2.46. The molecule has 0 saturated heterocycles. The summed E-state index contributed by atoms with van der Waals surface area (Å²) < 4.78 is 37.1. The number of hydrogen-bond donors (Lipinski definition) is 0. The molecule has 0 aliphatic heterocycles. The van der Waals surface area contributed by atoms with Crippen molar-refractivity contribution in [2.45, 2.75) is 12.8 Å². The van der Waals surface area contributed by atoms with Gasteiger partial charge in [0.15, 0.2) is 0 Å². The van der Waals surface area contributed by atoms with E-state index in [1.54, 1.807) is 0 Å². The first-order valence-electron chi connectivity index (χ1n) is 5.11. The molecule has 0 saturated carbocycles. The van der Waals surface area contributed by atoms with Crippen LogP contribution in [-0.2, 0) is 6.42 Å². The molecule has 94 valence electrons. The third kappa shape index (κ3) is 2.98.